The predicted octanol–water partition coefficient (Wildman–Crippen LogP) is 0.762. The lowest BCUT2D eigenvalue weighted by Gasteiger charge is -2.21. The molecule has 84 valence electrons. The minimum absolute atomic E-state index is 0.461. The SMILES string of the molecule is Cn1ccnc1C(N)C(=O)OC(C)(C)C. The number of rotatable bonds is 2. The third-order valence-electron chi connectivity index (χ3n) is 1.80. The minimum atomic E-state index is -0.829. The lowest BCUT2D eigenvalue weighted by Crippen LogP contribution is -2.32. The van der Waals surface area contributed by atoms with Crippen molar-refractivity contribution in [3.63, 3.8) is 0 Å². The summed E-state index contributed by atoms with van der Waals surface area (Å²) < 4.78 is 6.86. The normalized spacial score (nSPS) is 13.7. The second-order valence-corrected chi connectivity index (χ2v) is 4.41. The van der Waals surface area contributed by atoms with Gasteiger partial charge in [-0.15, -0.1) is 0 Å². The van der Waals surface area contributed by atoms with E-state index < -0.39 is 17.6 Å². The molecule has 0 radical (unpaired) electrons. The summed E-state index contributed by atoms with van der Waals surface area (Å²) >= 11 is 0. The predicted molar refractivity (Wildman–Crippen MR) is 56.0 cm³/mol. The van der Waals surface area contributed by atoms with Gasteiger partial charge in [-0.05, 0) is 20.8 Å². The molecule has 1 aromatic rings. The van der Waals surface area contributed by atoms with Crippen LogP contribution in [0.15, 0.2) is 12.4 Å². The van der Waals surface area contributed by atoms with E-state index in [1.54, 1.807) is 44.8 Å². The Morgan fingerprint density at radius 2 is 2.20 bits per heavy atom. The molecular weight excluding hydrogens is 194 g/mol. The van der Waals surface area contributed by atoms with Crippen LogP contribution in [-0.4, -0.2) is 21.1 Å². The molecule has 2 N–H and O–H groups in total. The highest BCUT2D eigenvalue weighted by Crippen LogP contribution is 2.14. The molecule has 1 atom stereocenters. The Labute approximate surface area is 89.2 Å². The van der Waals surface area contributed by atoms with E-state index in [4.69, 9.17) is 10.5 Å². The van der Waals surface area contributed by atoms with Crippen LogP contribution in [0.2, 0.25) is 0 Å². The molecule has 0 saturated carbocycles. The van der Waals surface area contributed by atoms with Gasteiger partial charge in [-0.3, -0.25) is 0 Å². The number of imidazole rings is 1. The summed E-state index contributed by atoms with van der Waals surface area (Å²) in [5, 5.41) is 0. The molecule has 0 amide bonds. The number of nitrogens with zero attached hydrogens (tertiary/aromatic N) is 2. The first-order chi connectivity index (χ1) is 6.81. The average molecular weight is 211 g/mol. The van der Waals surface area contributed by atoms with Crippen molar-refractivity contribution in [1.82, 2.24) is 9.55 Å². The fraction of sp³-hybridized carbons (Fsp3) is 0.600. The second kappa shape index (κ2) is 4.02. The molecular formula is C10H17N3O2. The zero-order valence-electron chi connectivity index (χ0n) is 9.52. The van der Waals surface area contributed by atoms with Crippen LogP contribution in [0.25, 0.3) is 0 Å². The van der Waals surface area contributed by atoms with Crippen LogP contribution < -0.4 is 5.73 Å². The molecule has 1 aromatic heterocycles. The highest BCUT2D eigenvalue weighted by atomic mass is 16.6. The summed E-state index contributed by atoms with van der Waals surface area (Å²) in [6.07, 6.45) is 3.33. The Balaban J connectivity index is 2.74. The zero-order valence-corrected chi connectivity index (χ0v) is 9.52. The van der Waals surface area contributed by atoms with Gasteiger partial charge in [0.05, 0.1) is 0 Å². The number of hydrogen-bond acceptors (Lipinski definition) is 4. The van der Waals surface area contributed by atoms with Crippen LogP contribution in [0.3, 0.4) is 0 Å². The molecule has 0 bridgehead atoms. The summed E-state index contributed by atoms with van der Waals surface area (Å²) in [5.41, 5.74) is 5.21. The fourth-order valence-electron chi connectivity index (χ4n) is 1.15. The van der Waals surface area contributed by atoms with Crippen molar-refractivity contribution >= 4 is 5.97 Å². The van der Waals surface area contributed by atoms with E-state index in [1.165, 1.54) is 0 Å². The van der Waals surface area contributed by atoms with Gasteiger partial charge in [0, 0.05) is 19.4 Å². The smallest absolute Gasteiger partial charge is 0.331 e. The quantitative estimate of drug-likeness (QED) is 0.733. The van der Waals surface area contributed by atoms with Gasteiger partial charge < -0.3 is 15.0 Å². The highest BCUT2D eigenvalue weighted by molar-refractivity contribution is 5.76. The van der Waals surface area contributed by atoms with Crippen LogP contribution in [0, 0.1) is 0 Å². The summed E-state index contributed by atoms with van der Waals surface area (Å²) in [7, 11) is 1.78. The topological polar surface area (TPSA) is 70.1 Å². The number of ether oxygens (including phenoxy) is 1. The molecule has 1 unspecified atom stereocenters. The van der Waals surface area contributed by atoms with Gasteiger partial charge in [-0.2, -0.15) is 0 Å². The number of carbonyl (C=O) groups excluding carboxylic acids is 1. The van der Waals surface area contributed by atoms with Gasteiger partial charge in [0.1, 0.15) is 11.4 Å². The van der Waals surface area contributed by atoms with Crippen molar-refractivity contribution in [3.8, 4) is 0 Å². The Morgan fingerprint density at radius 3 is 2.60 bits per heavy atom. The molecule has 0 aromatic carbocycles. The summed E-state index contributed by atoms with van der Waals surface area (Å²) in [6.45, 7) is 5.40. The summed E-state index contributed by atoms with van der Waals surface area (Å²) in [4.78, 5) is 15.6. The molecule has 0 saturated heterocycles. The number of nitrogens with two attached hydrogens (primary N) is 1. The molecule has 5 nitrogen and oxygen atoms in total. The number of carbonyl (C=O) groups is 1. The Morgan fingerprint density at radius 1 is 1.60 bits per heavy atom. The molecule has 0 aliphatic heterocycles. The van der Waals surface area contributed by atoms with E-state index in [0.717, 1.165) is 0 Å². The van der Waals surface area contributed by atoms with Crippen LogP contribution >= 0.6 is 0 Å². The van der Waals surface area contributed by atoms with Gasteiger partial charge in [-0.1, -0.05) is 0 Å². The molecule has 5 heteroatoms. The van der Waals surface area contributed by atoms with E-state index in [9.17, 15) is 4.79 Å². The standard InChI is InChI=1S/C10H17N3O2/c1-10(2,3)15-9(14)7(11)8-12-5-6-13(8)4/h5-7H,11H2,1-4H3. The van der Waals surface area contributed by atoms with Crippen LogP contribution in [0.5, 0.6) is 0 Å². The first-order valence-corrected chi connectivity index (χ1v) is 4.77. The average Bonchev–Trinajstić information content (AvgIpc) is 2.47. The number of aryl methyl sites for hydroxylation is 1. The maximum atomic E-state index is 11.6. The van der Waals surface area contributed by atoms with Crippen LogP contribution in [0.4, 0.5) is 0 Å². The fourth-order valence-corrected chi connectivity index (χ4v) is 1.15. The molecule has 0 aliphatic carbocycles. The second-order valence-electron chi connectivity index (χ2n) is 4.41. The lowest BCUT2D eigenvalue weighted by molar-refractivity contribution is -0.156. The van der Waals surface area contributed by atoms with E-state index in [0.29, 0.717) is 5.82 Å². The van der Waals surface area contributed by atoms with E-state index in [-0.39, 0.29) is 0 Å². The third-order valence-corrected chi connectivity index (χ3v) is 1.80. The molecule has 0 spiro atoms. The molecule has 0 aliphatic rings. The molecule has 0 fully saturated rings. The monoisotopic (exact) mass is 211 g/mol. The van der Waals surface area contributed by atoms with E-state index in [1.807, 2.05) is 0 Å². The van der Waals surface area contributed by atoms with Crippen LogP contribution in [-0.2, 0) is 16.6 Å². The van der Waals surface area contributed by atoms with Crippen LogP contribution in [0.1, 0.15) is 32.6 Å². The number of aromatic nitrogens is 2. The van der Waals surface area contributed by atoms with E-state index >= 15 is 0 Å². The zero-order chi connectivity index (χ0) is 11.6. The molecule has 1 heterocycles. The minimum Gasteiger partial charge on any atom is -0.458 e. The van der Waals surface area contributed by atoms with Crippen molar-refractivity contribution in [2.45, 2.75) is 32.4 Å². The van der Waals surface area contributed by atoms with Crippen molar-refractivity contribution < 1.29 is 9.53 Å². The van der Waals surface area contributed by atoms with Gasteiger partial charge >= 0.3 is 5.97 Å². The lowest BCUT2D eigenvalue weighted by atomic mass is 10.2. The largest absolute Gasteiger partial charge is 0.458 e. The Bertz CT molecular complexity index is 352. The van der Waals surface area contributed by atoms with Gasteiger partial charge in [0.2, 0.25) is 0 Å². The first-order valence-electron chi connectivity index (χ1n) is 4.77. The molecule has 15 heavy (non-hydrogen) atoms. The Kier molecular flexibility index (Phi) is 3.14. The van der Waals surface area contributed by atoms with Crippen molar-refractivity contribution in [1.29, 1.82) is 0 Å². The van der Waals surface area contributed by atoms with E-state index in [2.05, 4.69) is 4.98 Å². The summed E-state index contributed by atoms with van der Waals surface area (Å²) in [6, 6.07) is -0.829. The van der Waals surface area contributed by atoms with Gasteiger partial charge in [0.25, 0.3) is 0 Å². The van der Waals surface area contributed by atoms with Crippen molar-refractivity contribution in [2.75, 3.05) is 0 Å². The van der Waals surface area contributed by atoms with Crippen molar-refractivity contribution in [3.05, 3.63) is 18.2 Å². The van der Waals surface area contributed by atoms with Gasteiger partial charge in [0.15, 0.2) is 6.04 Å². The maximum Gasteiger partial charge on any atom is 0.331 e. The number of esters is 1. The van der Waals surface area contributed by atoms with Gasteiger partial charge in [-0.25, -0.2) is 9.78 Å². The maximum absolute atomic E-state index is 11.6. The third kappa shape index (κ3) is 3.06. The first kappa shape index (κ1) is 11.7. The number of hydrogen-bond donors (Lipinski definition) is 1. The van der Waals surface area contributed by atoms with Crippen molar-refractivity contribution in [2.24, 2.45) is 12.8 Å². The Hall–Kier alpha value is -1.36. The molecule has 1 rings (SSSR count). The highest BCUT2D eigenvalue weighted by Gasteiger charge is 2.25. The summed E-state index contributed by atoms with van der Waals surface area (Å²) in [5.74, 6) is 0.0426.